The SMILES string of the molecule is C=C/C=C(/O)C(=O)NC.CCc1ccc(CN2CCC(C#N)CC2)cc1. The van der Waals surface area contributed by atoms with Crippen LogP contribution in [0.4, 0.5) is 0 Å². The van der Waals surface area contributed by atoms with Crippen LogP contribution in [0.5, 0.6) is 0 Å². The highest BCUT2D eigenvalue weighted by Crippen LogP contribution is 2.18. The largest absolute Gasteiger partial charge is 0.503 e. The first-order valence-electron chi connectivity index (χ1n) is 8.97. The van der Waals surface area contributed by atoms with Crippen molar-refractivity contribution in [2.45, 2.75) is 32.7 Å². The summed E-state index contributed by atoms with van der Waals surface area (Å²) >= 11 is 0. The summed E-state index contributed by atoms with van der Waals surface area (Å²) in [5, 5.41) is 19.8. The van der Waals surface area contributed by atoms with Gasteiger partial charge in [-0.3, -0.25) is 9.69 Å². The van der Waals surface area contributed by atoms with E-state index in [9.17, 15) is 4.79 Å². The highest BCUT2D eigenvalue weighted by molar-refractivity contribution is 5.90. The number of amides is 1. The fourth-order valence-electron chi connectivity index (χ4n) is 2.67. The Bertz CT molecular complexity index is 636. The molecule has 2 rings (SSSR count). The van der Waals surface area contributed by atoms with E-state index in [0.717, 1.165) is 38.9 Å². The van der Waals surface area contributed by atoms with Crippen molar-refractivity contribution in [2.75, 3.05) is 20.1 Å². The second-order valence-corrected chi connectivity index (χ2v) is 6.22. The topological polar surface area (TPSA) is 76.4 Å². The Kier molecular flexibility index (Phi) is 9.81. The van der Waals surface area contributed by atoms with Crippen LogP contribution in [0.15, 0.2) is 48.8 Å². The van der Waals surface area contributed by atoms with Gasteiger partial charge in [0.2, 0.25) is 0 Å². The number of hydrogen-bond donors (Lipinski definition) is 2. The van der Waals surface area contributed by atoms with E-state index in [1.807, 2.05) is 0 Å². The molecule has 0 unspecified atom stereocenters. The molecule has 5 nitrogen and oxygen atoms in total. The summed E-state index contributed by atoms with van der Waals surface area (Å²) in [6.45, 7) is 8.64. The van der Waals surface area contributed by atoms with Crippen molar-refractivity contribution in [3.05, 3.63) is 59.9 Å². The minimum absolute atomic E-state index is 0.286. The van der Waals surface area contributed by atoms with Crippen LogP contribution >= 0.6 is 0 Å². The number of allylic oxidation sites excluding steroid dienone is 2. The molecule has 26 heavy (non-hydrogen) atoms. The third-order valence-corrected chi connectivity index (χ3v) is 4.34. The van der Waals surface area contributed by atoms with Gasteiger partial charge in [-0.15, -0.1) is 0 Å². The third-order valence-electron chi connectivity index (χ3n) is 4.34. The first kappa shape index (κ1) is 21.5. The van der Waals surface area contributed by atoms with Gasteiger partial charge >= 0.3 is 0 Å². The number of hydrogen-bond acceptors (Lipinski definition) is 4. The summed E-state index contributed by atoms with van der Waals surface area (Å²) in [6.07, 6.45) is 5.73. The number of likely N-dealkylation sites (N-methyl/N-ethyl adjacent to an activating group) is 1. The number of likely N-dealkylation sites (tertiary alicyclic amines) is 1. The average Bonchev–Trinajstić information content (AvgIpc) is 2.69. The van der Waals surface area contributed by atoms with E-state index in [-0.39, 0.29) is 11.7 Å². The molecule has 1 saturated heterocycles. The fourth-order valence-corrected chi connectivity index (χ4v) is 2.67. The van der Waals surface area contributed by atoms with E-state index >= 15 is 0 Å². The number of benzene rings is 1. The number of aliphatic hydroxyl groups excluding tert-OH is 1. The Morgan fingerprint density at radius 3 is 2.38 bits per heavy atom. The number of nitrogens with one attached hydrogen (secondary N) is 1. The van der Waals surface area contributed by atoms with Crippen molar-refractivity contribution >= 4 is 5.91 Å². The molecule has 0 aliphatic carbocycles. The summed E-state index contributed by atoms with van der Waals surface area (Å²) in [5.74, 6) is -0.545. The molecule has 1 aromatic rings. The number of rotatable bonds is 5. The highest BCUT2D eigenvalue weighted by Gasteiger charge is 2.18. The smallest absolute Gasteiger partial charge is 0.285 e. The quantitative estimate of drug-likeness (QED) is 0.482. The number of nitrogens with zero attached hydrogens (tertiary/aromatic N) is 2. The molecule has 5 heteroatoms. The molecular formula is C21H29N3O2. The maximum Gasteiger partial charge on any atom is 0.285 e. The molecule has 0 saturated carbocycles. The van der Waals surface area contributed by atoms with Crippen molar-refractivity contribution in [2.24, 2.45) is 5.92 Å². The van der Waals surface area contributed by atoms with Gasteiger partial charge in [0, 0.05) is 19.5 Å². The van der Waals surface area contributed by atoms with Crippen molar-refractivity contribution in [1.29, 1.82) is 5.26 Å². The van der Waals surface area contributed by atoms with Crippen LogP contribution in [0.3, 0.4) is 0 Å². The molecule has 0 spiro atoms. The van der Waals surface area contributed by atoms with Gasteiger partial charge in [0.05, 0.1) is 6.07 Å². The van der Waals surface area contributed by atoms with Gasteiger partial charge < -0.3 is 10.4 Å². The van der Waals surface area contributed by atoms with E-state index in [2.05, 4.69) is 54.1 Å². The second kappa shape index (κ2) is 11.9. The molecule has 1 aromatic carbocycles. The van der Waals surface area contributed by atoms with Crippen molar-refractivity contribution in [3.8, 4) is 6.07 Å². The van der Waals surface area contributed by atoms with Crippen molar-refractivity contribution < 1.29 is 9.90 Å². The normalized spacial score (nSPS) is 15.3. The van der Waals surface area contributed by atoms with Crippen molar-refractivity contribution in [1.82, 2.24) is 10.2 Å². The molecule has 0 bridgehead atoms. The first-order chi connectivity index (χ1) is 12.5. The standard InChI is InChI=1S/C15H20N2.C6H9NO2/c1-2-13-3-5-15(6-4-13)12-17-9-7-14(11-16)8-10-17;1-3-4-5(8)6(9)7-2/h3-6,14H,2,7-10,12H2,1H3;3-4,8H,1H2,2H3,(H,7,9)/b;5-4+. The summed E-state index contributed by atoms with van der Waals surface area (Å²) < 4.78 is 0. The van der Waals surface area contributed by atoms with Crippen LogP contribution in [0.1, 0.15) is 30.9 Å². The lowest BCUT2D eigenvalue weighted by molar-refractivity contribution is -0.119. The molecule has 1 aliphatic heterocycles. The van der Waals surface area contributed by atoms with Gasteiger partial charge in [0.1, 0.15) is 0 Å². The van der Waals surface area contributed by atoms with Crippen LogP contribution in [0.2, 0.25) is 0 Å². The molecule has 2 N–H and O–H groups in total. The number of carbonyl (C=O) groups excluding carboxylic acids is 1. The van der Waals surface area contributed by atoms with Crippen LogP contribution < -0.4 is 5.32 Å². The lowest BCUT2D eigenvalue weighted by Gasteiger charge is -2.29. The number of carbonyl (C=O) groups is 1. The molecule has 0 radical (unpaired) electrons. The Morgan fingerprint density at radius 2 is 1.92 bits per heavy atom. The number of aryl methyl sites for hydroxylation is 1. The van der Waals surface area contributed by atoms with E-state index < -0.39 is 5.91 Å². The van der Waals surface area contributed by atoms with E-state index in [1.54, 1.807) is 0 Å². The zero-order chi connectivity index (χ0) is 19.4. The molecule has 1 fully saturated rings. The van der Waals surface area contributed by atoms with Crippen LogP contribution in [0, 0.1) is 17.2 Å². The first-order valence-corrected chi connectivity index (χ1v) is 8.97. The van der Waals surface area contributed by atoms with Gasteiger partial charge in [-0.25, -0.2) is 0 Å². The monoisotopic (exact) mass is 355 g/mol. The Balaban J connectivity index is 0.000000321. The van der Waals surface area contributed by atoms with Crippen LogP contribution in [-0.4, -0.2) is 36.1 Å². The maximum atomic E-state index is 10.4. The van der Waals surface area contributed by atoms with Gasteiger partial charge in [0.15, 0.2) is 5.76 Å². The number of aliphatic hydroxyl groups is 1. The fraction of sp³-hybridized carbons (Fsp3) is 0.429. The molecule has 1 aliphatic rings. The predicted octanol–water partition coefficient (Wildman–Crippen LogP) is 3.34. The molecule has 1 amide bonds. The predicted molar refractivity (Wildman–Crippen MR) is 104 cm³/mol. The van der Waals surface area contributed by atoms with Crippen LogP contribution in [0.25, 0.3) is 0 Å². The average molecular weight is 355 g/mol. The number of nitriles is 1. The second-order valence-electron chi connectivity index (χ2n) is 6.22. The minimum atomic E-state index is -0.505. The Labute approximate surface area is 156 Å². The molecule has 0 atom stereocenters. The van der Waals surface area contributed by atoms with Crippen LogP contribution in [-0.2, 0) is 17.8 Å². The lowest BCUT2D eigenvalue weighted by Crippen LogP contribution is -2.32. The van der Waals surface area contributed by atoms with Gasteiger partial charge in [0.25, 0.3) is 5.91 Å². The number of piperidine rings is 1. The summed E-state index contributed by atoms with van der Waals surface area (Å²) in [5.41, 5.74) is 2.79. The van der Waals surface area contributed by atoms with E-state index in [0.29, 0.717) is 0 Å². The lowest BCUT2D eigenvalue weighted by atomic mass is 9.98. The molecule has 140 valence electrons. The zero-order valence-corrected chi connectivity index (χ0v) is 15.7. The maximum absolute atomic E-state index is 10.4. The molecule has 1 heterocycles. The van der Waals surface area contributed by atoms with Crippen molar-refractivity contribution in [3.63, 3.8) is 0 Å². The Morgan fingerprint density at radius 1 is 1.35 bits per heavy atom. The van der Waals surface area contributed by atoms with E-state index in [1.165, 1.54) is 30.3 Å². The summed E-state index contributed by atoms with van der Waals surface area (Å²) in [4.78, 5) is 12.9. The third kappa shape index (κ3) is 7.54. The van der Waals surface area contributed by atoms with Gasteiger partial charge in [-0.1, -0.05) is 43.8 Å². The zero-order valence-electron chi connectivity index (χ0n) is 15.7. The summed E-state index contributed by atoms with van der Waals surface area (Å²) in [7, 11) is 1.44. The molecular weight excluding hydrogens is 326 g/mol. The Hall–Kier alpha value is -2.58. The highest BCUT2D eigenvalue weighted by atomic mass is 16.3. The van der Waals surface area contributed by atoms with Gasteiger partial charge in [-0.2, -0.15) is 5.26 Å². The van der Waals surface area contributed by atoms with E-state index in [4.69, 9.17) is 10.4 Å². The molecule has 0 aromatic heterocycles. The summed E-state index contributed by atoms with van der Waals surface area (Å²) in [6, 6.07) is 11.3. The minimum Gasteiger partial charge on any atom is -0.503 e. The van der Waals surface area contributed by atoms with Gasteiger partial charge in [-0.05, 0) is 49.6 Å².